The fraction of sp³-hybridized carbons (Fsp3) is 0.400. The number of carbonyl (C=O) groups is 2. The molecule has 0 saturated heterocycles. The van der Waals surface area contributed by atoms with Crippen molar-refractivity contribution in [3.8, 4) is 11.4 Å². The molecule has 3 rings (SSSR count). The Morgan fingerprint density at radius 2 is 1.78 bits per heavy atom. The normalized spacial score (nSPS) is 20.2. The standard InChI is InChI=1S/C20H21Cl2NO4/c1-12-9-16(13(2)23(12)14-5-7-15(26-4)8-6-14)17(24)10-27-18(25)19(3)11-20(19,21)22/h5-9H,10-11H2,1-4H3/t19-/m1/s1. The number of carbonyl (C=O) groups excluding carboxylic acids is 2. The first-order valence-corrected chi connectivity index (χ1v) is 9.28. The zero-order valence-corrected chi connectivity index (χ0v) is 17.1. The van der Waals surface area contributed by atoms with Crippen LogP contribution >= 0.6 is 23.2 Å². The summed E-state index contributed by atoms with van der Waals surface area (Å²) in [5.74, 6) is -0.0623. The number of ketones is 1. The van der Waals surface area contributed by atoms with E-state index in [0.717, 1.165) is 22.8 Å². The minimum atomic E-state index is -1.11. The Morgan fingerprint density at radius 3 is 2.30 bits per heavy atom. The van der Waals surface area contributed by atoms with E-state index in [-0.39, 0.29) is 12.4 Å². The van der Waals surface area contributed by atoms with E-state index >= 15 is 0 Å². The molecular weight excluding hydrogens is 389 g/mol. The molecule has 1 saturated carbocycles. The van der Waals surface area contributed by atoms with Gasteiger partial charge in [-0.25, -0.2) is 0 Å². The molecular formula is C20H21Cl2NO4. The molecule has 0 unspecified atom stereocenters. The van der Waals surface area contributed by atoms with Gasteiger partial charge in [0, 0.05) is 29.1 Å². The van der Waals surface area contributed by atoms with E-state index in [9.17, 15) is 9.59 Å². The monoisotopic (exact) mass is 409 g/mol. The second-order valence-corrected chi connectivity index (χ2v) is 8.51. The first kappa shape index (κ1) is 19.8. The van der Waals surface area contributed by atoms with Crippen molar-refractivity contribution in [3.05, 3.63) is 47.3 Å². The van der Waals surface area contributed by atoms with Crippen molar-refractivity contribution in [2.45, 2.75) is 31.5 Å². The lowest BCUT2D eigenvalue weighted by Crippen LogP contribution is -2.24. The number of ether oxygens (including phenoxy) is 2. The van der Waals surface area contributed by atoms with Gasteiger partial charge in [-0.3, -0.25) is 9.59 Å². The van der Waals surface area contributed by atoms with Gasteiger partial charge in [0.15, 0.2) is 6.61 Å². The Bertz CT molecular complexity index is 901. The predicted molar refractivity (Wildman–Crippen MR) is 104 cm³/mol. The molecule has 1 aromatic heterocycles. The molecule has 5 nitrogen and oxygen atoms in total. The highest BCUT2D eigenvalue weighted by atomic mass is 35.5. The van der Waals surface area contributed by atoms with E-state index in [1.807, 2.05) is 42.7 Å². The Labute approximate surface area is 168 Å². The Balaban J connectivity index is 1.75. The second kappa shape index (κ2) is 6.88. The summed E-state index contributed by atoms with van der Waals surface area (Å²) in [7, 11) is 1.61. The maximum Gasteiger partial charge on any atom is 0.315 e. The van der Waals surface area contributed by atoms with Crippen LogP contribution in [0.2, 0.25) is 0 Å². The number of methoxy groups -OCH3 is 1. The second-order valence-electron chi connectivity index (χ2n) is 7.03. The summed E-state index contributed by atoms with van der Waals surface area (Å²) in [6, 6.07) is 9.35. The van der Waals surface area contributed by atoms with Gasteiger partial charge in [-0.05, 0) is 51.1 Å². The number of halogens is 2. The van der Waals surface area contributed by atoms with Gasteiger partial charge in [0.2, 0.25) is 5.78 Å². The van der Waals surface area contributed by atoms with Gasteiger partial charge >= 0.3 is 5.97 Å². The van der Waals surface area contributed by atoms with Gasteiger partial charge in [-0.1, -0.05) is 0 Å². The van der Waals surface area contributed by atoms with Gasteiger partial charge < -0.3 is 14.0 Å². The molecule has 0 amide bonds. The first-order chi connectivity index (χ1) is 12.6. The van der Waals surface area contributed by atoms with Crippen LogP contribution in [-0.4, -0.2) is 34.4 Å². The van der Waals surface area contributed by atoms with Crippen molar-refractivity contribution in [2.24, 2.45) is 5.41 Å². The number of benzene rings is 1. The Hall–Kier alpha value is -1.98. The number of nitrogens with zero attached hydrogens (tertiary/aromatic N) is 1. The van der Waals surface area contributed by atoms with Gasteiger partial charge in [0.1, 0.15) is 15.5 Å². The summed E-state index contributed by atoms with van der Waals surface area (Å²) in [6.07, 6.45) is 0.322. The molecule has 0 bridgehead atoms. The Kier molecular flexibility index (Phi) is 5.04. The van der Waals surface area contributed by atoms with Crippen LogP contribution in [0, 0.1) is 19.3 Å². The van der Waals surface area contributed by atoms with Crippen molar-refractivity contribution in [2.75, 3.05) is 13.7 Å². The SMILES string of the molecule is COc1ccc(-n2c(C)cc(C(=O)COC(=O)[C@@]3(C)CC3(Cl)Cl)c2C)cc1. The number of aryl methyl sites for hydroxylation is 1. The van der Waals surface area contributed by atoms with Gasteiger partial charge in [0.25, 0.3) is 0 Å². The average Bonchev–Trinajstić information content (AvgIpc) is 3.01. The summed E-state index contributed by atoms with van der Waals surface area (Å²) in [4.78, 5) is 24.8. The van der Waals surface area contributed by atoms with Crippen molar-refractivity contribution >= 4 is 35.0 Å². The maximum absolute atomic E-state index is 12.6. The third-order valence-electron chi connectivity index (χ3n) is 5.10. The number of hydrogen-bond donors (Lipinski definition) is 0. The zero-order chi connectivity index (χ0) is 20.0. The van der Waals surface area contributed by atoms with Crippen LogP contribution in [0.3, 0.4) is 0 Å². The topological polar surface area (TPSA) is 57.5 Å². The molecule has 1 aromatic carbocycles. The van der Waals surface area contributed by atoms with E-state index in [4.69, 9.17) is 32.7 Å². The molecule has 1 atom stereocenters. The number of Topliss-reactive ketones (excluding diaryl/α,β-unsaturated/α-hetero) is 1. The molecule has 0 radical (unpaired) electrons. The van der Waals surface area contributed by atoms with Crippen molar-refractivity contribution in [3.63, 3.8) is 0 Å². The zero-order valence-electron chi connectivity index (χ0n) is 15.6. The summed E-state index contributed by atoms with van der Waals surface area (Å²) >= 11 is 12.0. The van der Waals surface area contributed by atoms with Crippen LogP contribution in [0.1, 0.15) is 35.1 Å². The molecule has 7 heteroatoms. The fourth-order valence-electron chi connectivity index (χ4n) is 3.16. The number of alkyl halides is 2. The van der Waals surface area contributed by atoms with Crippen LogP contribution in [-0.2, 0) is 9.53 Å². The molecule has 0 spiro atoms. The molecule has 1 heterocycles. The van der Waals surface area contributed by atoms with E-state index < -0.39 is 15.7 Å². The minimum Gasteiger partial charge on any atom is -0.497 e. The predicted octanol–water partition coefficient (Wildman–Crippen LogP) is 4.41. The molecule has 0 N–H and O–H groups in total. The maximum atomic E-state index is 12.6. The third kappa shape index (κ3) is 3.46. The molecule has 2 aromatic rings. The third-order valence-corrected chi connectivity index (χ3v) is 6.21. The molecule has 1 aliphatic carbocycles. The lowest BCUT2D eigenvalue weighted by molar-refractivity contribution is -0.148. The quantitative estimate of drug-likeness (QED) is 0.402. The van der Waals surface area contributed by atoms with Gasteiger partial charge in [-0.2, -0.15) is 0 Å². The van der Waals surface area contributed by atoms with Crippen molar-refractivity contribution in [1.29, 1.82) is 0 Å². The van der Waals surface area contributed by atoms with Crippen LogP contribution in [0.4, 0.5) is 0 Å². The van der Waals surface area contributed by atoms with Gasteiger partial charge in [0.05, 0.1) is 7.11 Å². The number of rotatable bonds is 6. The first-order valence-electron chi connectivity index (χ1n) is 8.52. The minimum absolute atomic E-state index is 0.268. The van der Waals surface area contributed by atoms with E-state index in [1.165, 1.54) is 0 Å². The highest BCUT2D eigenvalue weighted by Gasteiger charge is 2.69. The van der Waals surface area contributed by atoms with Gasteiger partial charge in [-0.15, -0.1) is 23.2 Å². The number of hydrogen-bond acceptors (Lipinski definition) is 4. The lowest BCUT2D eigenvalue weighted by atomic mass is 10.1. The summed E-state index contributed by atoms with van der Waals surface area (Å²) in [5, 5.41) is 0. The summed E-state index contributed by atoms with van der Waals surface area (Å²) < 4.78 is 11.2. The van der Waals surface area contributed by atoms with Crippen molar-refractivity contribution < 1.29 is 19.1 Å². The molecule has 1 fully saturated rings. The van der Waals surface area contributed by atoms with Crippen LogP contribution < -0.4 is 4.74 Å². The lowest BCUT2D eigenvalue weighted by Gasteiger charge is -2.12. The average molecular weight is 410 g/mol. The largest absolute Gasteiger partial charge is 0.497 e. The van der Waals surface area contributed by atoms with Crippen LogP contribution in [0.25, 0.3) is 5.69 Å². The van der Waals surface area contributed by atoms with E-state index in [1.54, 1.807) is 20.1 Å². The highest BCUT2D eigenvalue weighted by Crippen LogP contribution is 2.64. The van der Waals surface area contributed by atoms with E-state index in [2.05, 4.69) is 0 Å². The Morgan fingerprint density at radius 1 is 1.19 bits per heavy atom. The number of esters is 1. The van der Waals surface area contributed by atoms with Crippen molar-refractivity contribution in [1.82, 2.24) is 4.57 Å². The molecule has 144 valence electrons. The van der Waals surface area contributed by atoms with Crippen LogP contribution in [0.5, 0.6) is 5.75 Å². The highest BCUT2D eigenvalue weighted by molar-refractivity contribution is 6.53. The molecule has 1 aliphatic rings. The van der Waals surface area contributed by atoms with E-state index in [0.29, 0.717) is 12.0 Å². The van der Waals surface area contributed by atoms with Crippen LogP contribution in [0.15, 0.2) is 30.3 Å². The number of aromatic nitrogens is 1. The molecule has 0 aliphatic heterocycles. The summed E-state index contributed by atoms with van der Waals surface area (Å²) in [5.41, 5.74) is 2.17. The molecule has 27 heavy (non-hydrogen) atoms. The summed E-state index contributed by atoms with van der Waals surface area (Å²) in [6.45, 7) is 5.07. The fourth-order valence-corrected chi connectivity index (χ4v) is 3.85. The smallest absolute Gasteiger partial charge is 0.315 e.